The summed E-state index contributed by atoms with van der Waals surface area (Å²) >= 11 is 0. The van der Waals surface area contributed by atoms with Crippen LogP contribution in [0, 0.1) is 0 Å². The third kappa shape index (κ3) is 1.38. The first-order valence-corrected chi connectivity index (χ1v) is 2.90. The molecule has 0 bridgehead atoms. The topological polar surface area (TPSA) is 50.2 Å². The Morgan fingerprint density at radius 2 is 2.27 bits per heavy atom. The first kappa shape index (κ1) is 8.52. The maximum Gasteiger partial charge on any atom is 0.347 e. The Labute approximate surface area is 84.5 Å². The molecule has 1 radical (unpaired) electrons. The van der Waals surface area contributed by atoms with E-state index in [0.717, 1.165) is 0 Å². The monoisotopic (exact) mass is 158 g/mol. The first-order valence-electron chi connectivity index (χ1n) is 2.90. The van der Waals surface area contributed by atoms with Gasteiger partial charge in [-0.25, -0.2) is 9.89 Å². The van der Waals surface area contributed by atoms with Crippen molar-refractivity contribution in [2.24, 2.45) is 0 Å². The van der Waals surface area contributed by atoms with Crippen molar-refractivity contribution in [1.29, 1.82) is 0 Å². The van der Waals surface area contributed by atoms with Gasteiger partial charge >= 0.3 is 5.69 Å². The predicted molar refractivity (Wildman–Crippen MR) is 41.6 cm³/mol. The van der Waals surface area contributed by atoms with E-state index in [1.54, 1.807) is 18.3 Å². The minimum absolute atomic E-state index is 0. The molecular weight excluding hydrogens is 153 g/mol. The van der Waals surface area contributed by atoms with E-state index < -0.39 is 0 Å². The SMILES string of the molecule is O=c1[nH]nc2ccccn12.[Na]. The number of fused-ring (bicyclic) bond motifs is 1. The van der Waals surface area contributed by atoms with Gasteiger partial charge in [-0.1, -0.05) is 6.07 Å². The summed E-state index contributed by atoms with van der Waals surface area (Å²) in [6.45, 7) is 0. The second kappa shape index (κ2) is 3.21. The van der Waals surface area contributed by atoms with E-state index in [1.165, 1.54) is 4.40 Å². The van der Waals surface area contributed by atoms with Crippen LogP contribution in [0.15, 0.2) is 29.2 Å². The van der Waals surface area contributed by atoms with Crippen LogP contribution >= 0.6 is 0 Å². The normalized spacial score (nSPS) is 9.45. The van der Waals surface area contributed by atoms with Gasteiger partial charge in [0.05, 0.1) is 0 Å². The number of H-pyrrole nitrogens is 1. The van der Waals surface area contributed by atoms with Crippen LogP contribution in [0.1, 0.15) is 0 Å². The summed E-state index contributed by atoms with van der Waals surface area (Å²) < 4.78 is 1.44. The van der Waals surface area contributed by atoms with Gasteiger partial charge in [0.15, 0.2) is 5.65 Å². The molecule has 51 valence electrons. The van der Waals surface area contributed by atoms with Crippen molar-refractivity contribution in [3.8, 4) is 0 Å². The van der Waals surface area contributed by atoms with Gasteiger partial charge in [-0.3, -0.25) is 4.40 Å². The van der Waals surface area contributed by atoms with Gasteiger partial charge in [0, 0.05) is 35.8 Å². The Morgan fingerprint density at radius 3 is 3.00 bits per heavy atom. The molecular formula is C6H5N3NaO. The van der Waals surface area contributed by atoms with E-state index in [1.807, 2.05) is 6.07 Å². The molecule has 0 aliphatic heterocycles. The smallest absolute Gasteiger partial charge is 0.250 e. The number of aromatic nitrogens is 3. The average Bonchev–Trinajstić information content (AvgIpc) is 2.34. The molecule has 5 heteroatoms. The largest absolute Gasteiger partial charge is 0.347 e. The van der Waals surface area contributed by atoms with Crippen molar-refractivity contribution >= 4 is 35.2 Å². The molecule has 2 heterocycles. The van der Waals surface area contributed by atoms with Crippen LogP contribution in [0.25, 0.3) is 5.65 Å². The summed E-state index contributed by atoms with van der Waals surface area (Å²) in [5.41, 5.74) is 0.447. The van der Waals surface area contributed by atoms with Crippen LogP contribution in [0.5, 0.6) is 0 Å². The number of rotatable bonds is 0. The van der Waals surface area contributed by atoms with Gasteiger partial charge in [-0.05, 0) is 12.1 Å². The molecule has 0 fully saturated rings. The number of pyridine rings is 1. The fourth-order valence-electron chi connectivity index (χ4n) is 0.856. The molecule has 0 saturated carbocycles. The van der Waals surface area contributed by atoms with Crippen molar-refractivity contribution in [1.82, 2.24) is 14.6 Å². The second-order valence-corrected chi connectivity index (χ2v) is 1.96. The summed E-state index contributed by atoms with van der Waals surface area (Å²) in [5, 5.41) is 6.08. The van der Waals surface area contributed by atoms with Crippen molar-refractivity contribution in [3.05, 3.63) is 34.9 Å². The average molecular weight is 158 g/mol. The zero-order valence-corrected chi connectivity index (χ0v) is 8.11. The van der Waals surface area contributed by atoms with Crippen LogP contribution in [-0.2, 0) is 0 Å². The third-order valence-electron chi connectivity index (χ3n) is 1.32. The molecule has 0 aromatic carbocycles. The number of aromatic amines is 1. The van der Waals surface area contributed by atoms with Crippen molar-refractivity contribution in [3.63, 3.8) is 0 Å². The quantitative estimate of drug-likeness (QED) is 0.532. The molecule has 0 unspecified atom stereocenters. The number of nitrogens with zero attached hydrogens (tertiary/aromatic N) is 2. The van der Waals surface area contributed by atoms with E-state index in [9.17, 15) is 4.79 Å². The van der Waals surface area contributed by atoms with Crippen molar-refractivity contribution < 1.29 is 0 Å². The maximum absolute atomic E-state index is 10.8. The molecule has 0 aliphatic rings. The second-order valence-electron chi connectivity index (χ2n) is 1.96. The zero-order chi connectivity index (χ0) is 6.97. The molecule has 1 N–H and O–H groups in total. The molecule has 2 aromatic rings. The van der Waals surface area contributed by atoms with Gasteiger partial charge in [0.2, 0.25) is 0 Å². The molecule has 0 amide bonds. The summed E-state index contributed by atoms with van der Waals surface area (Å²) in [6.07, 6.45) is 1.67. The van der Waals surface area contributed by atoms with Crippen LogP contribution in [-0.4, -0.2) is 44.2 Å². The number of nitrogens with one attached hydrogen (secondary N) is 1. The van der Waals surface area contributed by atoms with Crippen LogP contribution in [0.2, 0.25) is 0 Å². The van der Waals surface area contributed by atoms with E-state index >= 15 is 0 Å². The molecule has 0 atom stereocenters. The van der Waals surface area contributed by atoms with E-state index in [4.69, 9.17) is 0 Å². The fraction of sp³-hybridized carbons (Fsp3) is 0. The van der Waals surface area contributed by atoms with E-state index in [-0.39, 0.29) is 35.2 Å². The predicted octanol–water partition coefficient (Wildman–Crippen LogP) is -0.358. The van der Waals surface area contributed by atoms with E-state index in [2.05, 4.69) is 10.2 Å². The molecule has 0 aliphatic carbocycles. The van der Waals surface area contributed by atoms with Gasteiger partial charge in [-0.15, -0.1) is 0 Å². The van der Waals surface area contributed by atoms with E-state index in [0.29, 0.717) is 5.65 Å². The Bertz CT molecular complexity index is 405. The van der Waals surface area contributed by atoms with Gasteiger partial charge in [-0.2, -0.15) is 5.10 Å². The molecule has 2 rings (SSSR count). The molecule has 2 aromatic heterocycles. The molecule has 0 saturated heterocycles. The number of hydrogen-bond acceptors (Lipinski definition) is 2. The first-order chi connectivity index (χ1) is 4.88. The minimum atomic E-state index is -0.199. The maximum atomic E-state index is 10.8. The summed E-state index contributed by atoms with van der Waals surface area (Å²) in [5.74, 6) is 0. The third-order valence-corrected chi connectivity index (χ3v) is 1.32. The Hall–Kier alpha value is -0.580. The zero-order valence-electron chi connectivity index (χ0n) is 6.11. The summed E-state index contributed by atoms with van der Waals surface area (Å²) in [7, 11) is 0. The van der Waals surface area contributed by atoms with Crippen molar-refractivity contribution in [2.75, 3.05) is 0 Å². The number of hydrogen-bond donors (Lipinski definition) is 1. The van der Waals surface area contributed by atoms with Gasteiger partial charge in [0.1, 0.15) is 0 Å². The van der Waals surface area contributed by atoms with Gasteiger partial charge < -0.3 is 0 Å². The minimum Gasteiger partial charge on any atom is -0.250 e. The Balaban J connectivity index is 0.000000605. The Kier molecular flexibility index (Phi) is 2.49. The molecule has 4 nitrogen and oxygen atoms in total. The Morgan fingerprint density at radius 1 is 1.45 bits per heavy atom. The van der Waals surface area contributed by atoms with Crippen molar-refractivity contribution in [2.45, 2.75) is 0 Å². The fourth-order valence-corrected chi connectivity index (χ4v) is 0.856. The molecule has 0 spiro atoms. The van der Waals surface area contributed by atoms with Crippen LogP contribution in [0.4, 0.5) is 0 Å². The summed E-state index contributed by atoms with van der Waals surface area (Å²) in [4.78, 5) is 10.8. The summed E-state index contributed by atoms with van der Waals surface area (Å²) in [6, 6.07) is 5.37. The van der Waals surface area contributed by atoms with Crippen LogP contribution < -0.4 is 5.69 Å². The van der Waals surface area contributed by atoms with Crippen LogP contribution in [0.3, 0.4) is 0 Å². The molecule has 11 heavy (non-hydrogen) atoms. The van der Waals surface area contributed by atoms with Gasteiger partial charge in [0.25, 0.3) is 0 Å². The standard InChI is InChI=1S/C6H5N3O.Na/c10-6-8-7-5-3-1-2-4-9(5)6;/h1-4H,(H,8,10);.